The number of hydrogen-bond acceptors (Lipinski definition) is 3. The summed E-state index contributed by atoms with van der Waals surface area (Å²) in [5.41, 5.74) is 3.20. The zero-order chi connectivity index (χ0) is 21.2. The number of carbonyl (C=O) groups is 1. The van der Waals surface area contributed by atoms with Crippen LogP contribution in [0.5, 0.6) is 0 Å². The molecule has 0 saturated carbocycles. The highest BCUT2D eigenvalue weighted by atomic mass is 32.2. The number of nitrogens with zero attached hydrogens (tertiary/aromatic N) is 1. The molecule has 0 aliphatic rings. The fourth-order valence-electron chi connectivity index (χ4n) is 3.47. The predicted molar refractivity (Wildman–Crippen MR) is 120 cm³/mol. The Hall–Kier alpha value is -2.86. The van der Waals surface area contributed by atoms with Crippen LogP contribution in [0, 0.1) is 13.8 Å². The summed E-state index contributed by atoms with van der Waals surface area (Å²) in [5.74, 6) is -0.354. The Morgan fingerprint density at radius 2 is 1.69 bits per heavy atom. The molecule has 3 aromatic rings. The molecular formula is C23H26N2O3S. The quantitative estimate of drug-likeness (QED) is 0.644. The highest BCUT2D eigenvalue weighted by molar-refractivity contribution is 7.92. The van der Waals surface area contributed by atoms with Gasteiger partial charge in [0.05, 0.1) is 11.9 Å². The Balaban J connectivity index is 2.00. The topological polar surface area (TPSA) is 66.5 Å². The molecule has 1 N–H and O–H groups in total. The van der Waals surface area contributed by atoms with Crippen LogP contribution < -0.4 is 9.62 Å². The molecule has 152 valence electrons. The number of amides is 1. The number of hydrogen-bond donors (Lipinski definition) is 1. The normalized spacial score (nSPS) is 12.6. The summed E-state index contributed by atoms with van der Waals surface area (Å²) in [7, 11) is -3.67. The number of rotatable bonds is 6. The number of benzene rings is 3. The first kappa shape index (κ1) is 20.9. The summed E-state index contributed by atoms with van der Waals surface area (Å²) in [6.45, 7) is 5.71. The summed E-state index contributed by atoms with van der Waals surface area (Å²) < 4.78 is 26.5. The molecule has 0 aliphatic heterocycles. The second kappa shape index (κ2) is 8.25. The highest BCUT2D eigenvalue weighted by Crippen LogP contribution is 2.27. The molecule has 0 bridgehead atoms. The average Bonchev–Trinajstić information content (AvgIpc) is 2.67. The van der Waals surface area contributed by atoms with Crippen molar-refractivity contribution in [2.24, 2.45) is 0 Å². The molecule has 29 heavy (non-hydrogen) atoms. The zero-order valence-electron chi connectivity index (χ0n) is 17.1. The molecule has 3 rings (SSSR count). The van der Waals surface area contributed by atoms with Crippen molar-refractivity contribution < 1.29 is 13.2 Å². The van der Waals surface area contributed by atoms with Gasteiger partial charge in [-0.15, -0.1) is 0 Å². The van der Waals surface area contributed by atoms with Crippen molar-refractivity contribution >= 4 is 38.1 Å². The van der Waals surface area contributed by atoms with Crippen LogP contribution in [-0.2, 0) is 14.8 Å². The molecule has 0 fully saturated rings. The van der Waals surface area contributed by atoms with Gasteiger partial charge in [0.25, 0.3) is 0 Å². The molecule has 0 heterocycles. The van der Waals surface area contributed by atoms with Crippen molar-refractivity contribution in [1.29, 1.82) is 0 Å². The monoisotopic (exact) mass is 410 g/mol. The van der Waals surface area contributed by atoms with E-state index in [9.17, 15) is 13.2 Å². The highest BCUT2D eigenvalue weighted by Gasteiger charge is 2.31. The first-order chi connectivity index (χ1) is 13.7. The van der Waals surface area contributed by atoms with Crippen LogP contribution in [0.2, 0.25) is 0 Å². The molecule has 0 radical (unpaired) electrons. The molecule has 1 atom stereocenters. The van der Waals surface area contributed by atoms with E-state index in [0.717, 1.165) is 28.2 Å². The maximum Gasteiger partial charge on any atom is 0.248 e. The third kappa shape index (κ3) is 4.43. The van der Waals surface area contributed by atoms with Crippen molar-refractivity contribution in [3.05, 3.63) is 71.8 Å². The Morgan fingerprint density at radius 3 is 2.34 bits per heavy atom. The molecule has 3 aromatic carbocycles. The zero-order valence-corrected chi connectivity index (χ0v) is 18.0. The van der Waals surface area contributed by atoms with Gasteiger partial charge >= 0.3 is 0 Å². The van der Waals surface area contributed by atoms with E-state index in [2.05, 4.69) is 5.32 Å². The van der Waals surface area contributed by atoms with E-state index in [1.807, 2.05) is 75.4 Å². The molecule has 0 saturated heterocycles. The van der Waals surface area contributed by atoms with Crippen LogP contribution in [0.15, 0.2) is 60.7 Å². The molecule has 5 nitrogen and oxygen atoms in total. The van der Waals surface area contributed by atoms with Crippen LogP contribution in [0.4, 0.5) is 11.4 Å². The van der Waals surface area contributed by atoms with E-state index in [4.69, 9.17) is 0 Å². The average molecular weight is 411 g/mol. The van der Waals surface area contributed by atoms with Gasteiger partial charge in [0.2, 0.25) is 15.9 Å². The first-order valence-electron chi connectivity index (χ1n) is 9.57. The van der Waals surface area contributed by atoms with Gasteiger partial charge in [-0.25, -0.2) is 8.42 Å². The summed E-state index contributed by atoms with van der Waals surface area (Å²) in [5, 5.41) is 4.86. The lowest BCUT2D eigenvalue weighted by molar-refractivity contribution is -0.117. The Labute approximate surface area is 172 Å². The van der Waals surface area contributed by atoms with Gasteiger partial charge in [0.1, 0.15) is 6.04 Å². The third-order valence-corrected chi connectivity index (χ3v) is 6.30. The Bertz CT molecular complexity index is 1150. The first-order valence-corrected chi connectivity index (χ1v) is 11.4. The van der Waals surface area contributed by atoms with Crippen LogP contribution >= 0.6 is 0 Å². The van der Waals surface area contributed by atoms with Crippen LogP contribution in [0.25, 0.3) is 10.8 Å². The summed E-state index contributed by atoms with van der Waals surface area (Å²) >= 11 is 0. The Morgan fingerprint density at radius 1 is 1.00 bits per heavy atom. The van der Waals surface area contributed by atoms with Crippen LogP contribution in [0.3, 0.4) is 0 Å². The molecule has 0 aromatic heterocycles. The van der Waals surface area contributed by atoms with E-state index in [-0.39, 0.29) is 5.91 Å². The lowest BCUT2D eigenvalue weighted by Crippen LogP contribution is -2.47. The standard InChI is InChI=1S/C23H26N2O3S/c1-5-22(25(29(4,27)28)19-14-13-16(2)17(3)15-19)23(26)24-21-12-8-10-18-9-6-7-11-20(18)21/h6-15,22H,5H2,1-4H3,(H,24,26)/t22-/m0/s1. The van der Waals surface area contributed by atoms with Crippen LogP contribution in [-0.4, -0.2) is 26.6 Å². The number of fused-ring (bicyclic) bond motifs is 1. The minimum atomic E-state index is -3.67. The molecular weight excluding hydrogens is 384 g/mol. The fourth-order valence-corrected chi connectivity index (χ4v) is 4.68. The summed E-state index contributed by atoms with van der Waals surface area (Å²) in [4.78, 5) is 13.2. The van der Waals surface area contributed by atoms with Gasteiger partial charge in [-0.3, -0.25) is 9.10 Å². The van der Waals surface area contributed by atoms with Gasteiger partial charge in [-0.2, -0.15) is 0 Å². The van der Waals surface area contributed by atoms with Crippen molar-refractivity contribution in [1.82, 2.24) is 0 Å². The molecule has 6 heteroatoms. The third-order valence-electron chi connectivity index (χ3n) is 5.12. The van der Waals surface area contributed by atoms with E-state index >= 15 is 0 Å². The van der Waals surface area contributed by atoms with Crippen molar-refractivity contribution in [3.8, 4) is 0 Å². The van der Waals surface area contributed by atoms with Gasteiger partial charge in [0.15, 0.2) is 0 Å². The molecule has 0 aliphatic carbocycles. The molecule has 0 unspecified atom stereocenters. The number of aryl methyl sites for hydroxylation is 2. The van der Waals surface area contributed by atoms with E-state index in [1.165, 1.54) is 4.31 Å². The van der Waals surface area contributed by atoms with Gasteiger partial charge in [-0.05, 0) is 55.0 Å². The molecule has 0 spiro atoms. The number of nitrogens with one attached hydrogen (secondary N) is 1. The summed E-state index contributed by atoms with van der Waals surface area (Å²) in [6.07, 6.45) is 1.48. The van der Waals surface area contributed by atoms with Gasteiger partial charge < -0.3 is 5.32 Å². The summed E-state index contributed by atoms with van der Waals surface area (Å²) in [6, 6.07) is 18.0. The van der Waals surface area contributed by atoms with Crippen molar-refractivity contribution in [2.45, 2.75) is 33.2 Å². The maximum atomic E-state index is 13.2. The minimum absolute atomic E-state index is 0.344. The van der Waals surface area contributed by atoms with Crippen LogP contribution in [0.1, 0.15) is 24.5 Å². The Kier molecular flexibility index (Phi) is 5.94. The molecule has 1 amide bonds. The van der Waals surface area contributed by atoms with E-state index in [1.54, 1.807) is 6.07 Å². The number of carbonyl (C=O) groups excluding carboxylic acids is 1. The van der Waals surface area contributed by atoms with Gasteiger partial charge in [-0.1, -0.05) is 49.4 Å². The predicted octanol–water partition coefficient (Wildman–Crippen LogP) is 4.64. The maximum absolute atomic E-state index is 13.2. The minimum Gasteiger partial charge on any atom is -0.324 e. The number of anilines is 2. The second-order valence-corrected chi connectivity index (χ2v) is 9.13. The van der Waals surface area contributed by atoms with E-state index < -0.39 is 16.1 Å². The van der Waals surface area contributed by atoms with Crippen molar-refractivity contribution in [2.75, 3.05) is 15.9 Å². The lowest BCUT2D eigenvalue weighted by Gasteiger charge is -2.30. The lowest BCUT2D eigenvalue weighted by atomic mass is 10.1. The number of sulfonamides is 1. The van der Waals surface area contributed by atoms with Gasteiger partial charge in [0, 0.05) is 11.1 Å². The SMILES string of the molecule is CC[C@@H](C(=O)Nc1cccc2ccccc12)N(c1ccc(C)c(C)c1)S(C)(=O)=O. The fraction of sp³-hybridized carbons (Fsp3) is 0.261. The van der Waals surface area contributed by atoms with Crippen molar-refractivity contribution in [3.63, 3.8) is 0 Å². The van der Waals surface area contributed by atoms with E-state index in [0.29, 0.717) is 17.8 Å². The largest absolute Gasteiger partial charge is 0.324 e. The smallest absolute Gasteiger partial charge is 0.248 e. The second-order valence-electron chi connectivity index (χ2n) is 7.27.